The second-order valence-electron chi connectivity index (χ2n) is 4.34. The molecule has 0 aliphatic heterocycles. The molecular formula is C10H17N3O4S. The van der Waals surface area contributed by atoms with Crippen molar-refractivity contribution in [2.75, 3.05) is 6.54 Å². The Morgan fingerprint density at radius 2 is 2.22 bits per heavy atom. The van der Waals surface area contributed by atoms with Crippen LogP contribution < -0.4 is 4.72 Å². The van der Waals surface area contributed by atoms with Gasteiger partial charge in [0.1, 0.15) is 0 Å². The fraction of sp³-hybridized carbons (Fsp3) is 0.600. The summed E-state index contributed by atoms with van der Waals surface area (Å²) in [5.41, 5.74) is -1.12. The van der Waals surface area contributed by atoms with E-state index in [0.29, 0.717) is 6.42 Å². The zero-order valence-corrected chi connectivity index (χ0v) is 11.4. The van der Waals surface area contributed by atoms with Crippen LogP contribution in [-0.4, -0.2) is 35.8 Å². The zero-order chi connectivity index (χ0) is 14.0. The summed E-state index contributed by atoms with van der Waals surface area (Å²) < 4.78 is 27.4. The first-order valence-electron chi connectivity index (χ1n) is 5.44. The molecule has 102 valence electrons. The number of sulfonamides is 1. The van der Waals surface area contributed by atoms with Crippen molar-refractivity contribution in [3.63, 3.8) is 0 Å². The normalized spacial score (nSPS) is 15.3. The van der Waals surface area contributed by atoms with Crippen LogP contribution in [0.15, 0.2) is 17.3 Å². The van der Waals surface area contributed by atoms with Crippen molar-refractivity contribution in [2.45, 2.75) is 25.3 Å². The first kappa shape index (κ1) is 14.7. The molecule has 0 bridgehead atoms. The maximum atomic E-state index is 11.9. The van der Waals surface area contributed by atoms with E-state index in [0.717, 1.165) is 0 Å². The third-order valence-electron chi connectivity index (χ3n) is 3.00. The van der Waals surface area contributed by atoms with Crippen molar-refractivity contribution in [3.8, 4) is 0 Å². The van der Waals surface area contributed by atoms with Crippen molar-refractivity contribution >= 4 is 16.0 Å². The van der Waals surface area contributed by atoms with E-state index >= 15 is 0 Å². The Bertz CT molecular complexity index is 537. The quantitative estimate of drug-likeness (QED) is 0.772. The summed E-state index contributed by atoms with van der Waals surface area (Å²) in [6.07, 6.45) is 1.70. The van der Waals surface area contributed by atoms with Crippen LogP contribution in [0.25, 0.3) is 0 Å². The lowest BCUT2D eigenvalue weighted by Crippen LogP contribution is -2.41. The maximum Gasteiger partial charge on any atom is 0.310 e. The van der Waals surface area contributed by atoms with E-state index in [2.05, 4.69) is 9.82 Å². The molecule has 1 heterocycles. The molecule has 1 unspecified atom stereocenters. The molecule has 1 aromatic rings. The van der Waals surface area contributed by atoms with Crippen LogP contribution in [0.5, 0.6) is 0 Å². The molecule has 0 saturated heterocycles. The molecule has 0 saturated carbocycles. The molecule has 0 aliphatic rings. The van der Waals surface area contributed by atoms with Gasteiger partial charge in [-0.15, -0.1) is 0 Å². The van der Waals surface area contributed by atoms with E-state index in [1.165, 1.54) is 30.9 Å². The van der Waals surface area contributed by atoms with E-state index < -0.39 is 21.4 Å². The van der Waals surface area contributed by atoms with Crippen LogP contribution in [-0.2, 0) is 21.9 Å². The summed E-state index contributed by atoms with van der Waals surface area (Å²) in [4.78, 5) is 11.1. The third-order valence-corrected chi connectivity index (χ3v) is 4.48. The molecule has 0 aliphatic carbocycles. The Morgan fingerprint density at radius 3 is 2.61 bits per heavy atom. The monoisotopic (exact) mass is 275 g/mol. The van der Waals surface area contributed by atoms with Crippen LogP contribution in [0.3, 0.4) is 0 Å². The molecule has 0 radical (unpaired) electrons. The number of aryl methyl sites for hydroxylation is 1. The minimum absolute atomic E-state index is 0.00587. The van der Waals surface area contributed by atoms with Gasteiger partial charge >= 0.3 is 5.97 Å². The second kappa shape index (κ2) is 5.07. The van der Waals surface area contributed by atoms with Gasteiger partial charge in [-0.05, 0) is 19.4 Å². The SMILES string of the molecule is CCC(C)(CNS(=O)(=O)c1ccnn1C)C(=O)O. The topological polar surface area (TPSA) is 101 Å². The lowest BCUT2D eigenvalue weighted by atomic mass is 9.88. The highest BCUT2D eigenvalue weighted by atomic mass is 32.2. The van der Waals surface area contributed by atoms with Crippen LogP contribution in [0.2, 0.25) is 0 Å². The molecule has 18 heavy (non-hydrogen) atoms. The van der Waals surface area contributed by atoms with Gasteiger partial charge in [-0.1, -0.05) is 6.92 Å². The lowest BCUT2D eigenvalue weighted by Gasteiger charge is -2.23. The third kappa shape index (κ3) is 2.88. The molecule has 8 heteroatoms. The molecule has 0 fully saturated rings. The van der Waals surface area contributed by atoms with E-state index in [9.17, 15) is 13.2 Å². The average Bonchev–Trinajstić information content (AvgIpc) is 2.73. The highest BCUT2D eigenvalue weighted by molar-refractivity contribution is 7.89. The van der Waals surface area contributed by atoms with Crippen LogP contribution >= 0.6 is 0 Å². The van der Waals surface area contributed by atoms with Gasteiger partial charge in [-0.3, -0.25) is 9.48 Å². The van der Waals surface area contributed by atoms with Crippen LogP contribution in [0.1, 0.15) is 20.3 Å². The standard InChI is InChI=1S/C10H17N3O4S/c1-4-10(2,9(14)15)7-12-18(16,17)8-5-6-11-13(8)3/h5-6,12H,4,7H2,1-3H3,(H,14,15). The van der Waals surface area contributed by atoms with E-state index in [-0.39, 0.29) is 11.6 Å². The Labute approximate surface area is 106 Å². The van der Waals surface area contributed by atoms with Crippen LogP contribution in [0.4, 0.5) is 0 Å². The Hall–Kier alpha value is -1.41. The van der Waals surface area contributed by atoms with E-state index in [1.807, 2.05) is 0 Å². The van der Waals surface area contributed by atoms with Gasteiger partial charge in [-0.25, -0.2) is 13.1 Å². The van der Waals surface area contributed by atoms with Gasteiger partial charge in [0, 0.05) is 13.6 Å². The van der Waals surface area contributed by atoms with Gasteiger partial charge in [-0.2, -0.15) is 5.10 Å². The van der Waals surface area contributed by atoms with Crippen molar-refractivity contribution in [1.29, 1.82) is 0 Å². The molecular weight excluding hydrogens is 258 g/mol. The number of nitrogens with one attached hydrogen (secondary N) is 1. The number of rotatable bonds is 6. The number of nitrogens with zero attached hydrogens (tertiary/aromatic N) is 2. The predicted molar refractivity (Wildman–Crippen MR) is 64.4 cm³/mol. The first-order valence-corrected chi connectivity index (χ1v) is 6.92. The first-order chi connectivity index (χ1) is 8.23. The number of hydrogen-bond donors (Lipinski definition) is 2. The number of carboxylic acid groups (broad SMARTS) is 1. The molecule has 7 nitrogen and oxygen atoms in total. The fourth-order valence-electron chi connectivity index (χ4n) is 1.31. The van der Waals surface area contributed by atoms with Gasteiger partial charge in [0.2, 0.25) is 0 Å². The average molecular weight is 275 g/mol. The summed E-state index contributed by atoms with van der Waals surface area (Å²) in [5, 5.41) is 12.8. The lowest BCUT2D eigenvalue weighted by molar-refractivity contribution is -0.147. The molecule has 1 aromatic heterocycles. The summed E-state index contributed by atoms with van der Waals surface area (Å²) in [6.45, 7) is 3.04. The van der Waals surface area contributed by atoms with E-state index in [4.69, 9.17) is 5.11 Å². The second-order valence-corrected chi connectivity index (χ2v) is 6.05. The number of carbonyl (C=O) groups is 1. The van der Waals surface area contributed by atoms with Crippen molar-refractivity contribution in [2.24, 2.45) is 12.5 Å². The molecule has 0 aromatic carbocycles. The van der Waals surface area contributed by atoms with Gasteiger partial charge in [0.05, 0.1) is 11.6 Å². The van der Waals surface area contributed by atoms with Crippen LogP contribution in [0, 0.1) is 5.41 Å². The summed E-state index contributed by atoms with van der Waals surface area (Å²) in [5.74, 6) is -1.03. The molecule has 0 spiro atoms. The largest absolute Gasteiger partial charge is 0.481 e. The summed E-state index contributed by atoms with van der Waals surface area (Å²) in [7, 11) is -2.23. The Kier molecular flexibility index (Phi) is 4.12. The minimum atomic E-state index is -3.74. The smallest absolute Gasteiger partial charge is 0.310 e. The molecule has 0 amide bonds. The van der Waals surface area contributed by atoms with Gasteiger partial charge in [0.25, 0.3) is 10.0 Å². The highest BCUT2D eigenvalue weighted by Gasteiger charge is 2.33. The molecule has 2 N–H and O–H groups in total. The Balaban J connectivity index is 2.87. The maximum absolute atomic E-state index is 11.9. The van der Waals surface area contributed by atoms with Gasteiger partial charge < -0.3 is 5.11 Å². The van der Waals surface area contributed by atoms with E-state index in [1.54, 1.807) is 6.92 Å². The van der Waals surface area contributed by atoms with Crippen molar-refractivity contribution in [1.82, 2.24) is 14.5 Å². The van der Waals surface area contributed by atoms with Crippen molar-refractivity contribution < 1.29 is 18.3 Å². The summed E-state index contributed by atoms with van der Waals surface area (Å²) >= 11 is 0. The van der Waals surface area contributed by atoms with Gasteiger partial charge in [0.15, 0.2) is 5.03 Å². The number of hydrogen-bond acceptors (Lipinski definition) is 4. The zero-order valence-electron chi connectivity index (χ0n) is 10.5. The number of carboxylic acids is 1. The number of aliphatic carboxylic acids is 1. The highest BCUT2D eigenvalue weighted by Crippen LogP contribution is 2.21. The molecule has 1 rings (SSSR count). The predicted octanol–water partition coefficient (Wildman–Crippen LogP) is 0.199. The minimum Gasteiger partial charge on any atom is -0.481 e. The van der Waals surface area contributed by atoms with Crippen molar-refractivity contribution in [3.05, 3.63) is 12.3 Å². The number of aromatic nitrogens is 2. The fourth-order valence-corrected chi connectivity index (χ4v) is 2.60. The Morgan fingerprint density at radius 1 is 1.61 bits per heavy atom. The molecule has 1 atom stereocenters. The summed E-state index contributed by atoms with van der Waals surface area (Å²) in [6, 6.07) is 1.35.